The number of amides is 2. The molecule has 0 bridgehead atoms. The molecule has 0 N–H and O–H groups in total. The van der Waals surface area contributed by atoms with Crippen molar-refractivity contribution in [3.05, 3.63) is 60.2 Å². The minimum absolute atomic E-state index is 0. The molecular weight excluding hydrogens is 728 g/mol. The quantitative estimate of drug-likeness (QED) is 0.103. The average molecular weight is 797 g/mol. The van der Waals surface area contributed by atoms with Crippen LogP contribution in [0.3, 0.4) is 0 Å². The summed E-state index contributed by atoms with van der Waals surface area (Å²) in [4.78, 5) is 30.8. The van der Waals surface area contributed by atoms with Gasteiger partial charge in [-0.05, 0) is 38.5 Å². The first-order valence-corrected chi connectivity index (χ1v) is 19.1. The summed E-state index contributed by atoms with van der Waals surface area (Å²) >= 11 is 0. The van der Waals surface area contributed by atoms with Crippen LogP contribution in [0.2, 0.25) is 0 Å². The van der Waals surface area contributed by atoms with Gasteiger partial charge in [-0.3, -0.25) is 9.59 Å². The van der Waals surface area contributed by atoms with E-state index in [1.165, 1.54) is 64.2 Å². The summed E-state index contributed by atoms with van der Waals surface area (Å²) in [5, 5.41) is 0. The molecule has 2 aromatic rings. The monoisotopic (exact) mass is 794 g/mol. The second-order valence-corrected chi connectivity index (χ2v) is 13.2. The predicted octanol–water partition coefficient (Wildman–Crippen LogP) is 2.96. The molecule has 2 amide bonds. The van der Waals surface area contributed by atoms with Crippen molar-refractivity contribution in [3.63, 3.8) is 0 Å². The maximum absolute atomic E-state index is 13.3. The number of halogens is 2. The number of hydrogen-bond donors (Lipinski definition) is 0. The van der Waals surface area contributed by atoms with Gasteiger partial charge in [-0.1, -0.05) is 91.9 Å². The SMILES string of the molecule is CCCCCC[n+]1ccc(C(=O)N(CCCC)CCCCCCCCN(CCCC)C(=O)c2cc[n+](CCCCCC)cc2)cc1.[Br-].[Br-]. The Labute approximate surface area is 315 Å². The van der Waals surface area contributed by atoms with Gasteiger partial charge in [-0.2, -0.15) is 0 Å². The minimum atomic E-state index is 0. The van der Waals surface area contributed by atoms with Crippen LogP contribution in [0.25, 0.3) is 0 Å². The van der Waals surface area contributed by atoms with Crippen LogP contribution >= 0.6 is 0 Å². The maximum Gasteiger partial charge on any atom is 0.254 e. The molecule has 2 rings (SSSR count). The first kappa shape index (κ1) is 46.2. The van der Waals surface area contributed by atoms with Gasteiger partial charge in [0.05, 0.1) is 11.1 Å². The van der Waals surface area contributed by atoms with Gasteiger partial charge >= 0.3 is 0 Å². The Morgan fingerprint density at radius 2 is 0.729 bits per heavy atom. The van der Waals surface area contributed by atoms with E-state index in [1.807, 2.05) is 24.3 Å². The van der Waals surface area contributed by atoms with Crippen LogP contribution in [0.1, 0.15) is 164 Å². The van der Waals surface area contributed by atoms with Gasteiger partial charge in [0.15, 0.2) is 24.8 Å². The van der Waals surface area contributed by atoms with Gasteiger partial charge in [-0.25, -0.2) is 9.13 Å². The molecule has 0 fully saturated rings. The van der Waals surface area contributed by atoms with E-state index in [0.29, 0.717) is 0 Å². The van der Waals surface area contributed by atoms with Crippen molar-refractivity contribution >= 4 is 11.8 Å². The summed E-state index contributed by atoms with van der Waals surface area (Å²) in [7, 11) is 0. The topological polar surface area (TPSA) is 48.4 Å². The summed E-state index contributed by atoms with van der Waals surface area (Å²) in [6, 6.07) is 8.00. The zero-order valence-corrected chi connectivity index (χ0v) is 34.1. The third kappa shape index (κ3) is 19.4. The lowest BCUT2D eigenvalue weighted by atomic mass is 10.1. The molecule has 0 atom stereocenters. The van der Waals surface area contributed by atoms with Crippen LogP contribution in [0.5, 0.6) is 0 Å². The molecule has 6 nitrogen and oxygen atoms in total. The molecule has 0 aliphatic heterocycles. The highest BCUT2D eigenvalue weighted by molar-refractivity contribution is 5.94. The predicted molar refractivity (Wildman–Crippen MR) is 191 cm³/mol. The lowest BCUT2D eigenvalue weighted by Gasteiger charge is -2.23. The number of carbonyl (C=O) groups is 2. The van der Waals surface area contributed by atoms with Crippen molar-refractivity contribution in [1.82, 2.24) is 9.80 Å². The standard InChI is InChI=1S/C40H68N4O2.2BrH/c1-5-9-13-19-27-41-33-23-37(24-34-41)39(45)43(29-11-7-3)31-21-17-15-16-18-22-32-44(30-12-8-4)40(46)38-25-35-42(36-26-38)28-20-14-10-6-2;;/h23-26,33-36H,5-22,27-32H2,1-4H3;2*1H/q+2;;/p-2. The summed E-state index contributed by atoms with van der Waals surface area (Å²) in [6.07, 6.45) is 29.3. The van der Waals surface area contributed by atoms with Gasteiger partial charge in [0.25, 0.3) is 11.8 Å². The van der Waals surface area contributed by atoms with Gasteiger partial charge in [0.1, 0.15) is 13.1 Å². The Morgan fingerprint density at radius 1 is 0.438 bits per heavy atom. The summed E-state index contributed by atoms with van der Waals surface area (Å²) in [5.74, 6) is 0.340. The zero-order chi connectivity index (χ0) is 33.2. The second kappa shape index (κ2) is 30.1. The number of rotatable bonds is 27. The number of aryl methyl sites for hydroxylation is 2. The smallest absolute Gasteiger partial charge is 0.254 e. The molecule has 8 heteroatoms. The number of nitrogens with zero attached hydrogens (tertiary/aromatic N) is 4. The van der Waals surface area contributed by atoms with Crippen LogP contribution in [-0.4, -0.2) is 47.8 Å². The van der Waals surface area contributed by atoms with E-state index in [1.54, 1.807) is 0 Å². The third-order valence-electron chi connectivity index (χ3n) is 9.06. The summed E-state index contributed by atoms with van der Waals surface area (Å²) in [5.41, 5.74) is 1.61. The molecule has 0 radical (unpaired) electrons. The lowest BCUT2D eigenvalue weighted by Crippen LogP contribution is -3.00. The number of carbonyl (C=O) groups excluding carboxylic acids is 2. The molecule has 0 aliphatic rings. The highest BCUT2D eigenvalue weighted by atomic mass is 79.9. The minimum Gasteiger partial charge on any atom is -1.00 e. The van der Waals surface area contributed by atoms with Crippen LogP contribution < -0.4 is 43.1 Å². The highest BCUT2D eigenvalue weighted by Gasteiger charge is 2.18. The van der Waals surface area contributed by atoms with Gasteiger partial charge in [0.2, 0.25) is 0 Å². The lowest BCUT2D eigenvalue weighted by molar-refractivity contribution is -0.697. The fourth-order valence-electron chi connectivity index (χ4n) is 5.95. The molecule has 0 saturated heterocycles. The van der Waals surface area contributed by atoms with E-state index in [9.17, 15) is 9.59 Å². The number of hydrogen-bond acceptors (Lipinski definition) is 2. The van der Waals surface area contributed by atoms with E-state index in [4.69, 9.17) is 0 Å². The van der Waals surface area contributed by atoms with Crippen molar-refractivity contribution in [2.24, 2.45) is 0 Å². The van der Waals surface area contributed by atoms with Gasteiger partial charge in [-0.15, -0.1) is 0 Å². The average Bonchev–Trinajstić information content (AvgIpc) is 3.09. The Morgan fingerprint density at radius 3 is 1.06 bits per heavy atom. The number of aromatic nitrogens is 2. The Bertz CT molecular complexity index is 980. The molecule has 0 unspecified atom stereocenters. The number of pyridine rings is 2. The fraction of sp³-hybridized carbons (Fsp3) is 0.700. The van der Waals surface area contributed by atoms with E-state index in [0.717, 1.165) is 102 Å². The molecule has 2 aromatic heterocycles. The Balaban J connectivity index is 0.0000110. The van der Waals surface area contributed by atoms with Crippen LogP contribution in [0.15, 0.2) is 49.1 Å². The largest absolute Gasteiger partial charge is 1.00 e. The van der Waals surface area contributed by atoms with E-state index in [2.05, 4.69) is 71.4 Å². The molecule has 274 valence electrons. The molecular formula is C40H68Br2N4O2. The fourth-order valence-corrected chi connectivity index (χ4v) is 5.95. The summed E-state index contributed by atoms with van der Waals surface area (Å²) < 4.78 is 4.41. The third-order valence-corrected chi connectivity index (χ3v) is 9.06. The maximum atomic E-state index is 13.3. The van der Waals surface area contributed by atoms with Gasteiger partial charge in [0, 0.05) is 63.3 Å². The molecule has 0 spiro atoms. The van der Waals surface area contributed by atoms with Crippen LogP contribution in [-0.2, 0) is 13.1 Å². The Kier molecular flexibility index (Phi) is 28.9. The van der Waals surface area contributed by atoms with Crippen molar-refractivity contribution in [2.45, 2.75) is 156 Å². The zero-order valence-electron chi connectivity index (χ0n) is 31.0. The van der Waals surface area contributed by atoms with E-state index >= 15 is 0 Å². The highest BCUT2D eigenvalue weighted by Crippen LogP contribution is 2.13. The van der Waals surface area contributed by atoms with Crippen molar-refractivity contribution in [3.8, 4) is 0 Å². The van der Waals surface area contributed by atoms with Crippen molar-refractivity contribution in [2.75, 3.05) is 26.2 Å². The first-order chi connectivity index (χ1) is 22.5. The van der Waals surface area contributed by atoms with Crippen LogP contribution in [0, 0.1) is 0 Å². The van der Waals surface area contributed by atoms with Crippen molar-refractivity contribution in [1.29, 1.82) is 0 Å². The molecule has 0 aliphatic carbocycles. The second-order valence-electron chi connectivity index (χ2n) is 13.2. The first-order valence-electron chi connectivity index (χ1n) is 19.1. The molecule has 0 saturated carbocycles. The molecule has 0 aromatic carbocycles. The van der Waals surface area contributed by atoms with E-state index < -0.39 is 0 Å². The normalized spacial score (nSPS) is 10.7. The summed E-state index contributed by atoms with van der Waals surface area (Å²) in [6.45, 7) is 14.2. The van der Waals surface area contributed by atoms with Gasteiger partial charge < -0.3 is 43.8 Å². The molecule has 2 heterocycles. The number of unbranched alkanes of at least 4 members (excludes halogenated alkanes) is 13. The Hall–Kier alpha value is -1.80. The van der Waals surface area contributed by atoms with Crippen LogP contribution in [0.4, 0.5) is 0 Å². The van der Waals surface area contributed by atoms with Crippen molar-refractivity contribution < 1.29 is 52.7 Å². The molecule has 48 heavy (non-hydrogen) atoms. The van der Waals surface area contributed by atoms with E-state index in [-0.39, 0.29) is 45.8 Å².